The molecule has 1 unspecified atom stereocenters. The molecule has 2 aromatic carbocycles. The number of nitrogens with one attached hydrogen (secondary N) is 2. The highest BCUT2D eigenvalue weighted by Gasteiger charge is 2.33. The summed E-state index contributed by atoms with van der Waals surface area (Å²) >= 11 is 0. The molecule has 2 aromatic rings. The molecule has 174 valence electrons. The fraction of sp³-hybridized carbons (Fsp3) is 0.417. The molecule has 0 aliphatic carbocycles. The quantitative estimate of drug-likeness (QED) is 0.387. The number of carbonyl (C=O) groups is 2. The summed E-state index contributed by atoms with van der Waals surface area (Å²) in [4.78, 5) is 24.8. The van der Waals surface area contributed by atoms with Crippen LogP contribution in [0.2, 0.25) is 0 Å². The average Bonchev–Trinajstić information content (AvgIpc) is 2.74. The van der Waals surface area contributed by atoms with Gasteiger partial charge in [-0.15, -0.1) is 0 Å². The van der Waals surface area contributed by atoms with Crippen LogP contribution < -0.4 is 10.4 Å². The van der Waals surface area contributed by atoms with Crippen molar-refractivity contribution < 1.29 is 23.8 Å². The van der Waals surface area contributed by atoms with Crippen LogP contribution in [0.25, 0.3) is 0 Å². The maximum atomic E-state index is 13.7. The SMILES string of the molecule is CCOP(=O)(Cc1ccccc1)N[C@@H](Cc1ccccc1)C(=O)N[C@@H](CC(C)C)C(=O)O. The van der Waals surface area contributed by atoms with Crippen molar-refractivity contribution in [2.75, 3.05) is 6.61 Å². The van der Waals surface area contributed by atoms with Crippen molar-refractivity contribution in [3.8, 4) is 0 Å². The summed E-state index contributed by atoms with van der Waals surface area (Å²) in [6.45, 7) is 5.74. The zero-order valence-electron chi connectivity index (χ0n) is 18.9. The molecule has 0 aliphatic rings. The molecule has 1 amide bonds. The molecule has 3 atom stereocenters. The smallest absolute Gasteiger partial charge is 0.326 e. The highest BCUT2D eigenvalue weighted by Crippen LogP contribution is 2.46. The third-order valence-electron chi connectivity index (χ3n) is 4.84. The standard InChI is InChI=1S/C24H33N2O5P/c1-4-31-32(30,17-20-13-9-6-10-14-20)26-21(16-19-11-7-5-8-12-19)23(27)25-22(24(28)29)15-18(2)3/h5-14,18,21-22H,4,15-17H2,1-3H3,(H,25,27)(H,26,30)(H,28,29)/t21-,22-,32?/m0/s1. The highest BCUT2D eigenvalue weighted by molar-refractivity contribution is 7.56. The van der Waals surface area contributed by atoms with Gasteiger partial charge < -0.3 is 14.9 Å². The van der Waals surface area contributed by atoms with Crippen LogP contribution in [-0.4, -0.2) is 35.7 Å². The molecule has 0 bridgehead atoms. The Labute approximate surface area is 190 Å². The van der Waals surface area contributed by atoms with Crippen LogP contribution in [0, 0.1) is 5.92 Å². The van der Waals surface area contributed by atoms with Crippen LogP contribution in [-0.2, 0) is 31.3 Å². The van der Waals surface area contributed by atoms with Gasteiger partial charge in [-0.1, -0.05) is 74.5 Å². The third kappa shape index (κ3) is 8.58. The van der Waals surface area contributed by atoms with Gasteiger partial charge in [-0.25, -0.2) is 9.88 Å². The fourth-order valence-corrected chi connectivity index (χ4v) is 5.46. The normalized spacial score (nSPS) is 15.0. The predicted octanol–water partition coefficient (Wildman–Crippen LogP) is 4.23. The maximum absolute atomic E-state index is 13.7. The van der Waals surface area contributed by atoms with E-state index >= 15 is 0 Å². The Hall–Kier alpha value is -2.47. The second-order valence-corrected chi connectivity index (χ2v) is 10.3. The number of carbonyl (C=O) groups excluding carboxylic acids is 1. The number of amides is 1. The molecule has 8 heteroatoms. The number of rotatable bonds is 13. The van der Waals surface area contributed by atoms with E-state index < -0.39 is 31.5 Å². The van der Waals surface area contributed by atoms with Gasteiger partial charge in [-0.05, 0) is 36.8 Å². The minimum absolute atomic E-state index is 0.0875. The predicted molar refractivity (Wildman–Crippen MR) is 125 cm³/mol. The number of carboxylic acid groups (broad SMARTS) is 1. The number of carboxylic acids is 1. The molecule has 7 nitrogen and oxygen atoms in total. The van der Waals surface area contributed by atoms with Crippen molar-refractivity contribution in [1.29, 1.82) is 0 Å². The Balaban J connectivity index is 2.28. The second-order valence-electron chi connectivity index (χ2n) is 8.14. The Morgan fingerprint density at radius 3 is 2.03 bits per heavy atom. The lowest BCUT2D eigenvalue weighted by atomic mass is 10.0. The zero-order chi connectivity index (χ0) is 23.6. The lowest BCUT2D eigenvalue weighted by Crippen LogP contribution is -2.50. The molecule has 0 aromatic heterocycles. The zero-order valence-corrected chi connectivity index (χ0v) is 19.8. The van der Waals surface area contributed by atoms with Gasteiger partial charge in [0.15, 0.2) is 0 Å². The summed E-state index contributed by atoms with van der Waals surface area (Å²) in [5.41, 5.74) is 1.68. The van der Waals surface area contributed by atoms with Gasteiger partial charge in [0.2, 0.25) is 5.91 Å². The molecule has 0 spiro atoms. The minimum Gasteiger partial charge on any atom is -0.480 e. The van der Waals surface area contributed by atoms with Crippen molar-refractivity contribution in [3.63, 3.8) is 0 Å². The summed E-state index contributed by atoms with van der Waals surface area (Å²) < 4.78 is 19.3. The lowest BCUT2D eigenvalue weighted by Gasteiger charge is -2.27. The number of hydrogen-bond acceptors (Lipinski definition) is 4. The second kappa shape index (κ2) is 12.5. The van der Waals surface area contributed by atoms with E-state index in [1.165, 1.54) is 0 Å². The summed E-state index contributed by atoms with van der Waals surface area (Å²) in [6.07, 6.45) is 0.660. The largest absolute Gasteiger partial charge is 0.480 e. The Morgan fingerprint density at radius 2 is 1.53 bits per heavy atom. The van der Waals surface area contributed by atoms with Crippen LogP contribution >= 0.6 is 7.52 Å². The van der Waals surface area contributed by atoms with Crippen LogP contribution in [0.15, 0.2) is 60.7 Å². The maximum Gasteiger partial charge on any atom is 0.326 e. The summed E-state index contributed by atoms with van der Waals surface area (Å²) in [6, 6.07) is 16.6. The molecule has 0 saturated heterocycles. The van der Waals surface area contributed by atoms with Crippen LogP contribution in [0.1, 0.15) is 38.3 Å². The lowest BCUT2D eigenvalue weighted by molar-refractivity contribution is -0.142. The van der Waals surface area contributed by atoms with E-state index in [-0.39, 0.29) is 25.1 Å². The molecule has 3 N–H and O–H groups in total. The van der Waals surface area contributed by atoms with E-state index in [0.29, 0.717) is 6.42 Å². The number of hydrogen-bond donors (Lipinski definition) is 3. The van der Waals surface area contributed by atoms with Gasteiger partial charge >= 0.3 is 5.97 Å². The van der Waals surface area contributed by atoms with Gasteiger partial charge in [-0.2, -0.15) is 0 Å². The number of benzene rings is 2. The summed E-state index contributed by atoms with van der Waals surface area (Å²) in [5, 5.41) is 15.1. The molecule has 0 fully saturated rings. The van der Waals surface area contributed by atoms with Crippen molar-refractivity contribution in [1.82, 2.24) is 10.4 Å². The van der Waals surface area contributed by atoms with E-state index in [0.717, 1.165) is 11.1 Å². The summed E-state index contributed by atoms with van der Waals surface area (Å²) in [5.74, 6) is -1.53. The molecule has 2 rings (SSSR count). The van der Waals surface area contributed by atoms with Crippen LogP contribution in [0.5, 0.6) is 0 Å². The minimum atomic E-state index is -3.44. The van der Waals surface area contributed by atoms with Crippen molar-refractivity contribution in [3.05, 3.63) is 71.8 Å². The third-order valence-corrected chi connectivity index (χ3v) is 7.01. The molecule has 0 radical (unpaired) electrons. The van der Waals surface area contributed by atoms with Crippen LogP contribution in [0.3, 0.4) is 0 Å². The Bertz CT molecular complexity index is 905. The first-order valence-electron chi connectivity index (χ1n) is 10.8. The Morgan fingerprint density at radius 1 is 0.969 bits per heavy atom. The molecule has 0 saturated carbocycles. The molecular formula is C24H33N2O5P. The summed E-state index contributed by atoms with van der Waals surface area (Å²) in [7, 11) is -3.44. The van der Waals surface area contributed by atoms with Gasteiger partial charge in [0.25, 0.3) is 7.52 Å². The molecule has 0 heterocycles. The van der Waals surface area contributed by atoms with Gasteiger partial charge in [0, 0.05) is 0 Å². The topological polar surface area (TPSA) is 105 Å². The number of aliphatic carboxylic acids is 1. The van der Waals surface area contributed by atoms with Crippen molar-refractivity contribution in [2.24, 2.45) is 5.92 Å². The van der Waals surface area contributed by atoms with Gasteiger partial charge in [0.05, 0.1) is 18.8 Å². The first-order valence-corrected chi connectivity index (χ1v) is 12.7. The van der Waals surface area contributed by atoms with E-state index in [1.807, 2.05) is 74.5 Å². The van der Waals surface area contributed by atoms with E-state index in [1.54, 1.807) is 6.92 Å². The average molecular weight is 461 g/mol. The van der Waals surface area contributed by atoms with E-state index in [2.05, 4.69) is 10.4 Å². The Kier molecular flexibility index (Phi) is 10.1. The van der Waals surface area contributed by atoms with Crippen molar-refractivity contribution >= 4 is 19.4 Å². The monoisotopic (exact) mass is 460 g/mol. The highest BCUT2D eigenvalue weighted by atomic mass is 31.2. The molecular weight excluding hydrogens is 427 g/mol. The van der Waals surface area contributed by atoms with Gasteiger partial charge in [0.1, 0.15) is 6.04 Å². The van der Waals surface area contributed by atoms with Gasteiger partial charge in [-0.3, -0.25) is 9.36 Å². The molecule has 0 aliphatic heterocycles. The first-order chi connectivity index (χ1) is 15.2. The van der Waals surface area contributed by atoms with E-state index in [4.69, 9.17) is 4.52 Å². The molecule has 32 heavy (non-hydrogen) atoms. The van der Waals surface area contributed by atoms with Crippen LogP contribution in [0.4, 0.5) is 0 Å². The van der Waals surface area contributed by atoms with E-state index in [9.17, 15) is 19.3 Å². The first kappa shape index (κ1) is 25.8. The fourth-order valence-electron chi connectivity index (χ4n) is 3.41. The van der Waals surface area contributed by atoms with Crippen molar-refractivity contribution in [2.45, 2.75) is 51.9 Å².